The number of esters is 3. The quantitative estimate of drug-likeness (QED) is 0.137. The maximum absolute atomic E-state index is 15.2. The number of aliphatic hydroxyl groups is 4. The van der Waals surface area contributed by atoms with Crippen molar-refractivity contribution in [1.29, 1.82) is 0 Å². The number of fused-ring (bicyclic) bond motifs is 5. The van der Waals surface area contributed by atoms with Crippen molar-refractivity contribution in [1.82, 2.24) is 5.32 Å². The second-order valence-corrected chi connectivity index (χ2v) is 18.3. The summed E-state index contributed by atoms with van der Waals surface area (Å²) >= 11 is 0. The summed E-state index contributed by atoms with van der Waals surface area (Å²) < 4.78 is 29.8. The van der Waals surface area contributed by atoms with E-state index in [4.69, 9.17) is 23.7 Å². The predicted molar refractivity (Wildman–Crippen MR) is 213 cm³/mol. The summed E-state index contributed by atoms with van der Waals surface area (Å²) in [6, 6.07) is 14.7. The molecule has 6 rings (SSSR count). The Balaban J connectivity index is 1.53. The molecule has 60 heavy (non-hydrogen) atoms. The van der Waals surface area contributed by atoms with Gasteiger partial charge in [-0.15, -0.1) is 0 Å². The van der Waals surface area contributed by atoms with E-state index in [1.165, 1.54) is 26.0 Å². The fourth-order valence-electron chi connectivity index (χ4n) is 10.1. The maximum atomic E-state index is 15.2. The lowest BCUT2D eigenvalue weighted by molar-refractivity contribution is -0.347. The molecule has 2 saturated carbocycles. The first-order valence-corrected chi connectivity index (χ1v) is 20.3. The Morgan fingerprint density at radius 1 is 0.950 bits per heavy atom. The minimum atomic E-state index is -2.37. The molecular formula is C45H57NO14. The molecule has 1 heterocycles. The van der Waals surface area contributed by atoms with E-state index in [0.717, 1.165) is 6.92 Å². The number of amides is 1. The van der Waals surface area contributed by atoms with Crippen molar-refractivity contribution in [3.63, 3.8) is 0 Å². The highest BCUT2D eigenvalue weighted by atomic mass is 16.6. The van der Waals surface area contributed by atoms with Crippen LogP contribution in [0, 0.1) is 22.7 Å². The molecule has 0 radical (unpaired) electrons. The maximum Gasteiger partial charge on any atom is 0.408 e. The lowest BCUT2D eigenvalue weighted by Gasteiger charge is -2.68. The monoisotopic (exact) mass is 835 g/mol. The zero-order chi connectivity index (χ0) is 44.3. The number of Topliss-reactive ketones (excluding diaryl/α,β-unsaturated/α-hetero) is 1. The second-order valence-electron chi connectivity index (χ2n) is 18.3. The number of aliphatic hydroxyl groups excluding tert-OH is 3. The summed E-state index contributed by atoms with van der Waals surface area (Å²) in [5, 5.41) is 52.4. The smallest absolute Gasteiger partial charge is 0.408 e. The van der Waals surface area contributed by atoms with Crippen LogP contribution in [0.5, 0.6) is 0 Å². The van der Waals surface area contributed by atoms with E-state index in [-0.39, 0.29) is 29.7 Å². The molecule has 15 nitrogen and oxygen atoms in total. The molecule has 0 spiro atoms. The second kappa shape index (κ2) is 16.0. The number of ketones is 1. The predicted octanol–water partition coefficient (Wildman–Crippen LogP) is 3.90. The van der Waals surface area contributed by atoms with Crippen molar-refractivity contribution in [3.8, 4) is 0 Å². The van der Waals surface area contributed by atoms with Crippen LogP contribution >= 0.6 is 0 Å². The third kappa shape index (κ3) is 7.31. The summed E-state index contributed by atoms with van der Waals surface area (Å²) in [6.45, 7) is 13.9. The van der Waals surface area contributed by atoms with E-state index in [9.17, 15) is 39.6 Å². The molecule has 0 unspecified atom stereocenters. The third-order valence-electron chi connectivity index (χ3n) is 13.4. The molecule has 3 aliphatic carbocycles. The van der Waals surface area contributed by atoms with Gasteiger partial charge in [0.15, 0.2) is 17.5 Å². The van der Waals surface area contributed by atoms with E-state index >= 15 is 4.79 Å². The van der Waals surface area contributed by atoms with E-state index in [1.54, 1.807) is 90.1 Å². The fraction of sp³-hybridized carbons (Fsp3) is 0.578. The summed E-state index contributed by atoms with van der Waals surface area (Å²) in [7, 11) is 0. The van der Waals surface area contributed by atoms with Crippen LogP contribution in [0.2, 0.25) is 0 Å². The first-order chi connectivity index (χ1) is 27.9. The largest absolute Gasteiger partial charge is 0.456 e. The molecule has 15 heteroatoms. The SMILES string of the molecule is CC(=O)O[C@@]12CO[C@@H]1C[C@H](O)[C@@]1(C)C(=O)[C@H](O)C3=C(C)[C@@H](OC(=O)[C@H](O)[C@@H](NC(=O)OC(C)(C)C)c4ccccc4)C[C@@](O)([C@@H](OC(=O)c4ccccc4)[C@H]21)[C@@]3(C)C(C)C. The first kappa shape index (κ1) is 44.9. The molecule has 0 aromatic heterocycles. The van der Waals surface area contributed by atoms with Gasteiger partial charge in [0.05, 0.1) is 35.6 Å². The highest BCUT2D eigenvalue weighted by molar-refractivity contribution is 5.94. The Hall–Kier alpha value is -4.67. The van der Waals surface area contributed by atoms with Crippen LogP contribution in [0.4, 0.5) is 4.79 Å². The molecule has 2 aromatic rings. The number of hydrogen-bond acceptors (Lipinski definition) is 14. The number of hydrogen-bond donors (Lipinski definition) is 5. The number of ether oxygens (including phenoxy) is 5. The molecule has 5 N–H and O–H groups in total. The first-order valence-electron chi connectivity index (χ1n) is 20.3. The number of carbonyl (C=O) groups excluding carboxylic acids is 5. The van der Waals surface area contributed by atoms with Gasteiger partial charge < -0.3 is 49.4 Å². The number of alkyl carbamates (subject to hydrolysis) is 1. The average molecular weight is 836 g/mol. The van der Waals surface area contributed by atoms with Gasteiger partial charge in [-0.3, -0.25) is 9.59 Å². The summed E-state index contributed by atoms with van der Waals surface area (Å²) in [5.74, 6) is -5.97. The Labute approximate surface area is 349 Å². The molecule has 1 aliphatic heterocycles. The Bertz CT molecular complexity index is 2030. The topological polar surface area (TPSA) is 224 Å². The van der Waals surface area contributed by atoms with Crippen molar-refractivity contribution < 1.29 is 68.1 Å². The van der Waals surface area contributed by atoms with Crippen molar-refractivity contribution in [3.05, 3.63) is 82.9 Å². The molecule has 1 saturated heterocycles. The number of nitrogens with one attached hydrogen (secondary N) is 1. The lowest BCUT2D eigenvalue weighted by atomic mass is 9.43. The van der Waals surface area contributed by atoms with E-state index in [2.05, 4.69) is 5.32 Å². The zero-order valence-electron chi connectivity index (χ0n) is 35.5. The zero-order valence-corrected chi connectivity index (χ0v) is 35.5. The van der Waals surface area contributed by atoms with Gasteiger partial charge in [0.25, 0.3) is 0 Å². The van der Waals surface area contributed by atoms with Gasteiger partial charge >= 0.3 is 24.0 Å². The number of carbonyl (C=O) groups is 5. The van der Waals surface area contributed by atoms with Crippen LogP contribution < -0.4 is 5.32 Å². The molecule has 326 valence electrons. The van der Waals surface area contributed by atoms with Gasteiger partial charge in [-0.1, -0.05) is 69.3 Å². The van der Waals surface area contributed by atoms with Crippen LogP contribution in [0.3, 0.4) is 0 Å². The average Bonchev–Trinajstić information content (AvgIpc) is 3.17. The molecule has 3 fully saturated rings. The van der Waals surface area contributed by atoms with Crippen molar-refractivity contribution >= 4 is 29.8 Å². The van der Waals surface area contributed by atoms with Crippen LogP contribution in [-0.2, 0) is 38.1 Å². The molecule has 2 aromatic carbocycles. The summed E-state index contributed by atoms with van der Waals surface area (Å²) in [4.78, 5) is 69.6. The lowest BCUT2D eigenvalue weighted by Crippen LogP contribution is -2.82. The minimum absolute atomic E-state index is 0.0313. The fourth-order valence-corrected chi connectivity index (χ4v) is 10.1. The van der Waals surface area contributed by atoms with Gasteiger partial charge in [0.2, 0.25) is 0 Å². The molecule has 12 atom stereocenters. The summed E-state index contributed by atoms with van der Waals surface area (Å²) in [6.07, 6.45) is -11.5. The van der Waals surface area contributed by atoms with E-state index in [1.807, 2.05) is 0 Å². The standard InChI is InChI=1S/C45H57NO14/c1-23(2)43(9)31-24(3)28(57-39(53)34(50)32(26-16-12-10-13-17-26)46-40(54)60-41(5,6)7)21-45(43,55)37(58-38(52)27-18-14-11-15-19-27)35-42(8,36(51)33(31)49)29(48)20-30-44(35,22-56-30)59-25(4)47/h10-19,23,28-30,32-35,37,48-50,55H,20-22H2,1-9H3,(H,46,54)/t28-,29-,30+,32-,33+,34+,35-,37-,42+,43-,44-,45+/m0/s1. The normalized spacial score (nSPS) is 34.7. The van der Waals surface area contributed by atoms with Gasteiger partial charge in [0, 0.05) is 25.2 Å². The van der Waals surface area contributed by atoms with Gasteiger partial charge in [-0.05, 0) is 69.4 Å². The van der Waals surface area contributed by atoms with Gasteiger partial charge in [-0.25, -0.2) is 14.4 Å². The highest BCUT2D eigenvalue weighted by Crippen LogP contribution is 2.65. The number of rotatable bonds is 9. The van der Waals surface area contributed by atoms with Gasteiger partial charge in [-0.2, -0.15) is 0 Å². The number of benzene rings is 2. The Morgan fingerprint density at radius 3 is 2.08 bits per heavy atom. The highest BCUT2D eigenvalue weighted by Gasteiger charge is 2.78. The van der Waals surface area contributed by atoms with Crippen molar-refractivity contribution in [2.24, 2.45) is 22.7 Å². The Morgan fingerprint density at radius 2 is 1.55 bits per heavy atom. The van der Waals surface area contributed by atoms with Crippen molar-refractivity contribution in [2.45, 2.75) is 135 Å². The van der Waals surface area contributed by atoms with Gasteiger partial charge in [0.1, 0.15) is 35.6 Å². The van der Waals surface area contributed by atoms with Crippen LogP contribution in [-0.4, -0.2) is 110 Å². The minimum Gasteiger partial charge on any atom is -0.456 e. The van der Waals surface area contributed by atoms with E-state index < -0.39 is 118 Å². The van der Waals surface area contributed by atoms with Crippen LogP contribution in [0.1, 0.15) is 97.1 Å². The molecular weight excluding hydrogens is 778 g/mol. The molecule has 1 amide bonds. The van der Waals surface area contributed by atoms with E-state index in [0.29, 0.717) is 5.56 Å². The third-order valence-corrected chi connectivity index (χ3v) is 13.4. The molecule has 4 aliphatic rings. The van der Waals surface area contributed by atoms with Crippen LogP contribution in [0.25, 0.3) is 0 Å². The van der Waals surface area contributed by atoms with Crippen molar-refractivity contribution in [2.75, 3.05) is 6.61 Å². The van der Waals surface area contributed by atoms with Crippen LogP contribution in [0.15, 0.2) is 71.8 Å². The Kier molecular flexibility index (Phi) is 12.0. The summed E-state index contributed by atoms with van der Waals surface area (Å²) in [5.41, 5.74) is -8.13. The molecule has 2 bridgehead atoms.